The maximum absolute atomic E-state index is 11.5. The molecule has 0 amide bonds. The molecule has 2 aromatic carbocycles. The molecule has 0 radical (unpaired) electrons. The molecule has 2 bridgehead atoms. The minimum Gasteiger partial charge on any atom is -0.506 e. The third-order valence-electron chi connectivity index (χ3n) is 7.46. The minimum atomic E-state index is -0.578. The highest BCUT2D eigenvalue weighted by molar-refractivity contribution is 5.81. The molecule has 3 aliphatic rings. The van der Waals surface area contributed by atoms with Gasteiger partial charge in [-0.1, -0.05) is 42.5 Å². The maximum atomic E-state index is 11.5. The van der Waals surface area contributed by atoms with E-state index in [1.807, 2.05) is 12.1 Å². The Hall–Kier alpha value is -2.63. The number of aromatic hydroxyl groups is 1. The molecule has 3 N–H and O–H groups in total. The van der Waals surface area contributed by atoms with Crippen LogP contribution >= 0.6 is 0 Å². The van der Waals surface area contributed by atoms with E-state index < -0.39 is 5.60 Å². The summed E-state index contributed by atoms with van der Waals surface area (Å²) in [5.74, 6) is 1.87. The molecule has 0 unspecified atom stereocenters. The Balaban J connectivity index is 1.13. The Labute approximate surface area is 189 Å². The Kier molecular flexibility index (Phi) is 5.78. The number of phenolic OH excluding ortho intramolecular Hbond substituents is 1. The number of aliphatic hydroxyl groups is 1. The van der Waals surface area contributed by atoms with Gasteiger partial charge in [0.15, 0.2) is 0 Å². The molecular weight excluding hydrogens is 398 g/mol. The Morgan fingerprint density at radius 3 is 2.69 bits per heavy atom. The summed E-state index contributed by atoms with van der Waals surface area (Å²) >= 11 is 0. The average Bonchev–Trinajstić information content (AvgIpc) is 3.23. The van der Waals surface area contributed by atoms with Crippen molar-refractivity contribution >= 4 is 16.6 Å². The van der Waals surface area contributed by atoms with Crippen molar-refractivity contribution in [2.75, 3.05) is 20.1 Å². The molecule has 5 heteroatoms. The number of allylic oxidation sites excluding steroid dienone is 1. The van der Waals surface area contributed by atoms with Gasteiger partial charge in [0.2, 0.25) is 0 Å². The Morgan fingerprint density at radius 1 is 1.09 bits per heavy atom. The zero-order valence-corrected chi connectivity index (χ0v) is 18.8. The van der Waals surface area contributed by atoms with Gasteiger partial charge in [0, 0.05) is 18.9 Å². The summed E-state index contributed by atoms with van der Waals surface area (Å²) in [6.07, 6.45) is 8.19. The zero-order chi connectivity index (χ0) is 22.1. The van der Waals surface area contributed by atoms with Crippen molar-refractivity contribution in [2.45, 2.75) is 44.1 Å². The predicted octanol–water partition coefficient (Wildman–Crippen LogP) is 4.77. The van der Waals surface area contributed by atoms with E-state index in [1.54, 1.807) is 6.07 Å². The fraction of sp³-hybridized carbons (Fsp3) is 0.444. The molecule has 1 heterocycles. The van der Waals surface area contributed by atoms with Gasteiger partial charge in [0.05, 0.1) is 11.1 Å². The topological polar surface area (TPSA) is 72.4 Å². The number of benzene rings is 2. The van der Waals surface area contributed by atoms with Gasteiger partial charge in [-0.2, -0.15) is 0 Å². The fourth-order valence-electron chi connectivity index (χ4n) is 5.64. The average molecular weight is 432 g/mol. The van der Waals surface area contributed by atoms with Crippen molar-refractivity contribution in [3.63, 3.8) is 0 Å². The van der Waals surface area contributed by atoms with Crippen LogP contribution in [0, 0.1) is 11.8 Å². The highest BCUT2D eigenvalue weighted by Crippen LogP contribution is 2.51. The number of phenols is 1. The molecule has 168 valence electrons. The van der Waals surface area contributed by atoms with Gasteiger partial charge in [0.1, 0.15) is 17.1 Å². The van der Waals surface area contributed by atoms with Crippen molar-refractivity contribution in [1.29, 1.82) is 0 Å². The number of imidazole rings is 1. The summed E-state index contributed by atoms with van der Waals surface area (Å²) in [5, 5.41) is 21.4. The second-order valence-corrected chi connectivity index (χ2v) is 9.69. The number of nitrogens with zero attached hydrogens (tertiary/aromatic N) is 2. The van der Waals surface area contributed by atoms with Crippen molar-refractivity contribution in [3.05, 3.63) is 66.0 Å². The number of nitrogens with one attached hydrogen (secondary N) is 1. The third-order valence-corrected chi connectivity index (χ3v) is 7.46. The van der Waals surface area contributed by atoms with E-state index in [0.29, 0.717) is 11.4 Å². The highest BCUT2D eigenvalue weighted by atomic mass is 16.3. The maximum Gasteiger partial charge on any atom is 0.143 e. The number of hydrogen-bond acceptors (Lipinski definition) is 4. The first-order valence-corrected chi connectivity index (χ1v) is 11.9. The van der Waals surface area contributed by atoms with Crippen LogP contribution in [0.25, 0.3) is 16.6 Å². The number of fused-ring (bicyclic) bond motifs is 3. The van der Waals surface area contributed by atoms with Gasteiger partial charge in [-0.15, -0.1) is 0 Å². The molecule has 0 aliphatic heterocycles. The predicted molar refractivity (Wildman–Crippen MR) is 128 cm³/mol. The quantitative estimate of drug-likeness (QED) is 0.480. The molecule has 32 heavy (non-hydrogen) atoms. The van der Waals surface area contributed by atoms with Crippen LogP contribution in [0.4, 0.5) is 0 Å². The van der Waals surface area contributed by atoms with E-state index in [-0.39, 0.29) is 11.7 Å². The SMILES string of the molecule is CN(CCCc1nc2c(O)cccc2[nH]1)CC[C@]1(O)C[C@H]2CC[C@H]1C=C2c1ccccc1. The number of para-hydroxylation sites is 1. The molecule has 1 aromatic heterocycles. The van der Waals surface area contributed by atoms with Crippen LogP contribution in [-0.2, 0) is 6.42 Å². The van der Waals surface area contributed by atoms with Crippen LogP contribution in [0.5, 0.6) is 5.75 Å². The normalized spacial score (nSPS) is 24.9. The second-order valence-electron chi connectivity index (χ2n) is 9.69. The molecule has 5 nitrogen and oxygen atoms in total. The Bertz CT molecular complexity index is 1110. The van der Waals surface area contributed by atoms with Gasteiger partial charge in [-0.3, -0.25) is 0 Å². The molecule has 0 spiro atoms. The Morgan fingerprint density at radius 2 is 1.94 bits per heavy atom. The van der Waals surface area contributed by atoms with Crippen molar-refractivity contribution < 1.29 is 10.2 Å². The first-order chi connectivity index (χ1) is 15.5. The van der Waals surface area contributed by atoms with E-state index in [9.17, 15) is 10.2 Å². The van der Waals surface area contributed by atoms with Crippen LogP contribution in [0.2, 0.25) is 0 Å². The lowest BCUT2D eigenvalue weighted by Gasteiger charge is -2.48. The molecule has 0 saturated heterocycles. The van der Waals surface area contributed by atoms with E-state index in [0.717, 1.165) is 56.5 Å². The monoisotopic (exact) mass is 431 g/mol. The largest absolute Gasteiger partial charge is 0.506 e. The first kappa shape index (κ1) is 21.2. The second kappa shape index (κ2) is 8.72. The summed E-state index contributed by atoms with van der Waals surface area (Å²) in [6, 6.07) is 16.1. The number of hydrogen-bond donors (Lipinski definition) is 3. The summed E-state index contributed by atoms with van der Waals surface area (Å²) in [5.41, 5.74) is 3.71. The third kappa shape index (κ3) is 4.19. The number of aromatic amines is 1. The molecule has 1 saturated carbocycles. The lowest BCUT2D eigenvalue weighted by Crippen LogP contribution is -2.48. The first-order valence-electron chi connectivity index (χ1n) is 11.9. The van der Waals surface area contributed by atoms with E-state index >= 15 is 0 Å². The van der Waals surface area contributed by atoms with Gasteiger partial charge in [-0.25, -0.2) is 4.98 Å². The van der Waals surface area contributed by atoms with Crippen molar-refractivity contribution in [3.8, 4) is 5.75 Å². The van der Waals surface area contributed by atoms with Crippen LogP contribution in [-0.4, -0.2) is 50.8 Å². The van der Waals surface area contributed by atoms with Crippen molar-refractivity contribution in [1.82, 2.24) is 14.9 Å². The molecule has 1 fully saturated rings. The standard InChI is InChI=1S/C27H33N3O2/c1-30(15-6-11-25-28-23-9-5-10-24(31)26(23)29-25)16-14-27(32)18-20-12-13-21(27)17-22(20)19-7-3-2-4-8-19/h2-5,7-10,17,20-21,31-32H,6,11-16,18H2,1H3,(H,28,29)/t20-,21+,27+/m1/s1. The minimum absolute atomic E-state index is 0.224. The molecule has 3 aromatic rings. The van der Waals surface area contributed by atoms with E-state index in [4.69, 9.17) is 0 Å². The van der Waals surface area contributed by atoms with Crippen LogP contribution < -0.4 is 0 Å². The number of aromatic nitrogens is 2. The summed E-state index contributed by atoms with van der Waals surface area (Å²) in [7, 11) is 2.14. The highest BCUT2D eigenvalue weighted by Gasteiger charge is 2.46. The lowest BCUT2D eigenvalue weighted by molar-refractivity contribution is -0.0574. The summed E-state index contributed by atoms with van der Waals surface area (Å²) in [6.45, 7) is 1.85. The molecule has 6 rings (SSSR count). The molecular formula is C27H33N3O2. The molecule has 3 atom stereocenters. The van der Waals surface area contributed by atoms with Crippen LogP contribution in [0.15, 0.2) is 54.6 Å². The van der Waals surface area contributed by atoms with Crippen molar-refractivity contribution in [2.24, 2.45) is 11.8 Å². The number of aryl methyl sites for hydroxylation is 1. The summed E-state index contributed by atoms with van der Waals surface area (Å²) < 4.78 is 0. The van der Waals surface area contributed by atoms with Crippen LogP contribution in [0.3, 0.4) is 0 Å². The molecule has 3 aliphatic carbocycles. The smallest absolute Gasteiger partial charge is 0.143 e. The van der Waals surface area contributed by atoms with Gasteiger partial charge in [0.25, 0.3) is 0 Å². The van der Waals surface area contributed by atoms with Gasteiger partial charge in [-0.05, 0) is 74.9 Å². The van der Waals surface area contributed by atoms with E-state index in [1.165, 1.54) is 17.6 Å². The lowest BCUT2D eigenvalue weighted by atomic mass is 9.61. The summed E-state index contributed by atoms with van der Waals surface area (Å²) in [4.78, 5) is 10.1. The number of rotatable bonds is 8. The fourth-order valence-corrected chi connectivity index (χ4v) is 5.64. The zero-order valence-electron chi connectivity index (χ0n) is 18.8. The van der Waals surface area contributed by atoms with Gasteiger partial charge < -0.3 is 20.1 Å². The van der Waals surface area contributed by atoms with E-state index in [2.05, 4.69) is 58.3 Å². The number of H-pyrrole nitrogens is 1. The van der Waals surface area contributed by atoms with Crippen LogP contribution in [0.1, 0.15) is 43.5 Å². The van der Waals surface area contributed by atoms with Gasteiger partial charge >= 0.3 is 0 Å².